The van der Waals surface area contributed by atoms with Gasteiger partial charge in [0, 0.05) is 18.2 Å². The molecule has 0 saturated heterocycles. The molecule has 138 valence electrons. The van der Waals surface area contributed by atoms with Gasteiger partial charge in [0.15, 0.2) is 11.5 Å². The second-order valence-electron chi connectivity index (χ2n) is 6.43. The molecule has 0 bridgehead atoms. The number of aryl methyl sites for hydroxylation is 2. The van der Waals surface area contributed by atoms with E-state index in [-0.39, 0.29) is 5.91 Å². The summed E-state index contributed by atoms with van der Waals surface area (Å²) in [4.78, 5) is 12.4. The van der Waals surface area contributed by atoms with Gasteiger partial charge in [-0.1, -0.05) is 18.2 Å². The SMILES string of the molecule is COc1cc(OC)c(OC)cc1CNC(=O)Cc1ccc2c(c1)CCC2. The molecule has 0 aliphatic heterocycles. The van der Waals surface area contributed by atoms with Gasteiger partial charge in [-0.3, -0.25) is 4.79 Å². The van der Waals surface area contributed by atoms with Gasteiger partial charge >= 0.3 is 0 Å². The van der Waals surface area contributed by atoms with Crippen molar-refractivity contribution in [3.63, 3.8) is 0 Å². The van der Waals surface area contributed by atoms with Gasteiger partial charge in [0.2, 0.25) is 5.91 Å². The maximum atomic E-state index is 12.4. The first-order chi connectivity index (χ1) is 12.6. The third kappa shape index (κ3) is 3.93. The van der Waals surface area contributed by atoms with Crippen molar-refractivity contribution >= 4 is 5.91 Å². The van der Waals surface area contributed by atoms with Crippen LogP contribution in [0.2, 0.25) is 0 Å². The van der Waals surface area contributed by atoms with Crippen molar-refractivity contribution in [1.82, 2.24) is 5.32 Å². The average Bonchev–Trinajstić information content (AvgIpc) is 3.13. The number of amides is 1. The van der Waals surface area contributed by atoms with Crippen molar-refractivity contribution < 1.29 is 19.0 Å². The Morgan fingerprint density at radius 2 is 1.62 bits per heavy atom. The van der Waals surface area contributed by atoms with Crippen LogP contribution in [0.1, 0.15) is 28.7 Å². The molecule has 1 aliphatic carbocycles. The molecule has 1 amide bonds. The zero-order chi connectivity index (χ0) is 18.5. The number of nitrogens with one attached hydrogen (secondary N) is 1. The second-order valence-corrected chi connectivity index (χ2v) is 6.43. The van der Waals surface area contributed by atoms with E-state index in [2.05, 4.69) is 23.5 Å². The van der Waals surface area contributed by atoms with Crippen LogP contribution in [0, 0.1) is 0 Å². The van der Waals surface area contributed by atoms with E-state index in [4.69, 9.17) is 14.2 Å². The molecule has 0 aromatic heterocycles. The predicted octanol–water partition coefficient (Wildman–Crippen LogP) is 3.06. The number of hydrogen-bond donors (Lipinski definition) is 1. The number of hydrogen-bond acceptors (Lipinski definition) is 4. The molecule has 1 aliphatic rings. The van der Waals surface area contributed by atoms with E-state index in [1.165, 1.54) is 17.5 Å². The highest BCUT2D eigenvalue weighted by molar-refractivity contribution is 5.78. The number of carbonyl (C=O) groups is 1. The molecule has 2 aromatic rings. The first kappa shape index (κ1) is 18.1. The van der Waals surface area contributed by atoms with Gasteiger partial charge in [-0.15, -0.1) is 0 Å². The molecule has 5 nitrogen and oxygen atoms in total. The zero-order valence-electron chi connectivity index (χ0n) is 15.6. The van der Waals surface area contributed by atoms with Crippen LogP contribution >= 0.6 is 0 Å². The van der Waals surface area contributed by atoms with Crippen molar-refractivity contribution in [2.24, 2.45) is 0 Å². The monoisotopic (exact) mass is 355 g/mol. The molecular formula is C21H25NO4. The number of benzene rings is 2. The Labute approximate surface area is 154 Å². The van der Waals surface area contributed by atoms with Crippen LogP contribution in [0.15, 0.2) is 30.3 Å². The molecule has 0 unspecified atom stereocenters. The number of carbonyl (C=O) groups excluding carboxylic acids is 1. The number of rotatable bonds is 7. The van der Waals surface area contributed by atoms with Crippen LogP contribution in [0.25, 0.3) is 0 Å². The minimum atomic E-state index is -0.0141. The largest absolute Gasteiger partial charge is 0.496 e. The first-order valence-corrected chi connectivity index (χ1v) is 8.81. The number of methoxy groups -OCH3 is 3. The van der Waals surface area contributed by atoms with Gasteiger partial charge in [0.25, 0.3) is 0 Å². The second kappa shape index (κ2) is 8.13. The van der Waals surface area contributed by atoms with E-state index in [9.17, 15) is 4.79 Å². The summed E-state index contributed by atoms with van der Waals surface area (Å²) >= 11 is 0. The van der Waals surface area contributed by atoms with Gasteiger partial charge in [-0.25, -0.2) is 0 Å². The summed E-state index contributed by atoms with van der Waals surface area (Å²) in [6.45, 7) is 0.368. The van der Waals surface area contributed by atoms with Crippen LogP contribution < -0.4 is 19.5 Å². The fourth-order valence-corrected chi connectivity index (χ4v) is 3.41. The Bertz CT molecular complexity index is 801. The lowest BCUT2D eigenvalue weighted by Crippen LogP contribution is -2.24. The normalized spacial score (nSPS) is 12.4. The zero-order valence-corrected chi connectivity index (χ0v) is 15.6. The highest BCUT2D eigenvalue weighted by atomic mass is 16.5. The summed E-state index contributed by atoms with van der Waals surface area (Å²) in [5.74, 6) is 1.84. The van der Waals surface area contributed by atoms with Crippen LogP contribution in [0.4, 0.5) is 0 Å². The molecule has 0 spiro atoms. The Balaban J connectivity index is 1.65. The van der Waals surface area contributed by atoms with Gasteiger partial charge in [-0.05, 0) is 42.0 Å². The van der Waals surface area contributed by atoms with Crippen molar-refractivity contribution in [3.8, 4) is 17.2 Å². The minimum Gasteiger partial charge on any atom is -0.496 e. The Morgan fingerprint density at radius 1 is 0.923 bits per heavy atom. The van der Waals surface area contributed by atoms with Crippen LogP contribution in [-0.4, -0.2) is 27.2 Å². The maximum Gasteiger partial charge on any atom is 0.224 e. The third-order valence-electron chi connectivity index (χ3n) is 4.79. The highest BCUT2D eigenvalue weighted by Gasteiger charge is 2.14. The summed E-state index contributed by atoms with van der Waals surface area (Å²) in [6.07, 6.45) is 3.86. The van der Waals surface area contributed by atoms with Crippen molar-refractivity contribution in [2.45, 2.75) is 32.2 Å². The molecule has 5 heteroatoms. The smallest absolute Gasteiger partial charge is 0.224 e. The Kier molecular flexibility index (Phi) is 5.66. The fourth-order valence-electron chi connectivity index (χ4n) is 3.41. The summed E-state index contributed by atoms with van der Waals surface area (Å²) in [6, 6.07) is 9.97. The topological polar surface area (TPSA) is 56.8 Å². The van der Waals surface area contributed by atoms with E-state index in [0.29, 0.717) is 30.2 Å². The number of ether oxygens (including phenoxy) is 3. The lowest BCUT2D eigenvalue weighted by molar-refractivity contribution is -0.120. The first-order valence-electron chi connectivity index (χ1n) is 8.81. The standard InChI is InChI=1S/C21H25NO4/c1-24-18-12-20(26-3)19(25-2)11-17(18)13-22-21(23)10-14-7-8-15-5-4-6-16(15)9-14/h7-9,11-12H,4-6,10,13H2,1-3H3,(H,22,23). The minimum absolute atomic E-state index is 0.0141. The molecule has 0 fully saturated rings. The van der Waals surface area contributed by atoms with E-state index in [1.54, 1.807) is 27.4 Å². The maximum absolute atomic E-state index is 12.4. The van der Waals surface area contributed by atoms with Gasteiger partial charge < -0.3 is 19.5 Å². The molecule has 0 saturated carbocycles. The van der Waals surface area contributed by atoms with E-state index in [1.807, 2.05) is 6.07 Å². The summed E-state index contributed by atoms with van der Waals surface area (Å²) in [7, 11) is 4.76. The van der Waals surface area contributed by atoms with Crippen molar-refractivity contribution in [3.05, 3.63) is 52.6 Å². The summed E-state index contributed by atoms with van der Waals surface area (Å²) in [5, 5.41) is 2.96. The van der Waals surface area contributed by atoms with Crippen molar-refractivity contribution in [2.75, 3.05) is 21.3 Å². The average molecular weight is 355 g/mol. The van der Waals surface area contributed by atoms with Gasteiger partial charge in [0.1, 0.15) is 5.75 Å². The molecule has 26 heavy (non-hydrogen) atoms. The molecule has 0 heterocycles. The van der Waals surface area contributed by atoms with Crippen LogP contribution in [-0.2, 0) is 30.6 Å². The molecule has 0 atom stereocenters. The predicted molar refractivity (Wildman–Crippen MR) is 100 cm³/mol. The fraction of sp³-hybridized carbons (Fsp3) is 0.381. The lowest BCUT2D eigenvalue weighted by atomic mass is 10.0. The quantitative estimate of drug-likeness (QED) is 0.829. The van der Waals surface area contributed by atoms with E-state index < -0.39 is 0 Å². The Morgan fingerprint density at radius 3 is 2.35 bits per heavy atom. The molecule has 2 aromatic carbocycles. The lowest BCUT2D eigenvalue weighted by Gasteiger charge is -2.14. The van der Waals surface area contributed by atoms with Gasteiger partial charge in [0.05, 0.1) is 27.8 Å². The van der Waals surface area contributed by atoms with Crippen LogP contribution in [0.3, 0.4) is 0 Å². The summed E-state index contributed by atoms with van der Waals surface area (Å²) in [5.41, 5.74) is 4.70. The third-order valence-corrected chi connectivity index (χ3v) is 4.79. The van der Waals surface area contributed by atoms with E-state index >= 15 is 0 Å². The molecular weight excluding hydrogens is 330 g/mol. The molecule has 0 radical (unpaired) electrons. The van der Waals surface area contributed by atoms with Crippen LogP contribution in [0.5, 0.6) is 17.2 Å². The van der Waals surface area contributed by atoms with E-state index in [0.717, 1.165) is 24.0 Å². The van der Waals surface area contributed by atoms with Crippen molar-refractivity contribution in [1.29, 1.82) is 0 Å². The molecule has 3 rings (SSSR count). The Hall–Kier alpha value is -2.69. The summed E-state index contributed by atoms with van der Waals surface area (Å²) < 4.78 is 16.0. The number of fused-ring (bicyclic) bond motifs is 1. The molecule has 1 N–H and O–H groups in total. The highest BCUT2D eigenvalue weighted by Crippen LogP contribution is 2.34. The van der Waals surface area contributed by atoms with Gasteiger partial charge in [-0.2, -0.15) is 0 Å².